The lowest BCUT2D eigenvalue weighted by molar-refractivity contribution is 0.0607. The molecule has 6 nitrogen and oxygen atoms in total. The summed E-state index contributed by atoms with van der Waals surface area (Å²) < 4.78 is 28.9. The van der Waals surface area contributed by atoms with Crippen LogP contribution < -0.4 is 11.1 Å². The molecule has 114 valence electrons. The fourth-order valence-electron chi connectivity index (χ4n) is 1.54. The molecule has 0 bridgehead atoms. The number of hydrogen-bond donors (Lipinski definition) is 2. The van der Waals surface area contributed by atoms with Crippen LogP contribution in [0.15, 0.2) is 4.90 Å². The second-order valence-electron chi connectivity index (χ2n) is 4.67. The van der Waals surface area contributed by atoms with Crippen LogP contribution in [-0.4, -0.2) is 33.8 Å². The first-order valence-corrected chi connectivity index (χ1v) is 8.68. The molecule has 0 atom stereocenters. The third-order valence-corrected chi connectivity index (χ3v) is 5.71. The van der Waals surface area contributed by atoms with Crippen LogP contribution in [0.25, 0.3) is 0 Å². The molecule has 1 rings (SSSR count). The molecule has 3 N–H and O–H groups in total. The highest BCUT2D eigenvalue weighted by molar-refractivity contribution is 7.91. The molecule has 0 saturated carbocycles. The largest absolute Gasteiger partial charge is 0.465 e. The number of carbonyl (C=O) groups excluding carboxylic acids is 1. The van der Waals surface area contributed by atoms with Crippen LogP contribution in [0.3, 0.4) is 0 Å². The minimum absolute atomic E-state index is 0.00560. The number of anilines is 2. The van der Waals surface area contributed by atoms with E-state index in [0.29, 0.717) is 17.5 Å². The van der Waals surface area contributed by atoms with Crippen molar-refractivity contribution < 1.29 is 17.9 Å². The van der Waals surface area contributed by atoms with Crippen molar-refractivity contribution in [3.63, 3.8) is 0 Å². The van der Waals surface area contributed by atoms with E-state index in [2.05, 4.69) is 10.1 Å². The van der Waals surface area contributed by atoms with E-state index < -0.39 is 15.8 Å². The number of hydrogen-bond acceptors (Lipinski definition) is 7. The van der Waals surface area contributed by atoms with Gasteiger partial charge in [-0.15, -0.1) is 11.3 Å². The fraction of sp³-hybridized carbons (Fsp3) is 0.583. The predicted molar refractivity (Wildman–Crippen MR) is 81.1 cm³/mol. The maximum absolute atomic E-state index is 12.1. The quantitative estimate of drug-likeness (QED) is 0.778. The standard InChI is InChI=1S/C12H20N2O4S2/c1-5-20(16,17)10-8(13)9(12(15)18-4)19-11(10)14-6-7(2)3/h7,14H,5-6,13H2,1-4H3. The summed E-state index contributed by atoms with van der Waals surface area (Å²) in [6.07, 6.45) is 0. The van der Waals surface area contributed by atoms with Gasteiger partial charge in [0.25, 0.3) is 0 Å². The van der Waals surface area contributed by atoms with Gasteiger partial charge in [-0.2, -0.15) is 0 Å². The van der Waals surface area contributed by atoms with E-state index >= 15 is 0 Å². The molecule has 0 aliphatic heterocycles. The van der Waals surface area contributed by atoms with Crippen LogP contribution in [0.1, 0.15) is 30.4 Å². The Labute approximate surface area is 123 Å². The van der Waals surface area contributed by atoms with Crippen LogP contribution in [0.4, 0.5) is 10.7 Å². The number of nitrogens with one attached hydrogen (secondary N) is 1. The SMILES string of the molecule is CCS(=O)(=O)c1c(NCC(C)C)sc(C(=O)OC)c1N. The zero-order valence-electron chi connectivity index (χ0n) is 12.0. The fourth-order valence-corrected chi connectivity index (χ4v) is 4.13. The molecule has 1 aromatic heterocycles. The summed E-state index contributed by atoms with van der Waals surface area (Å²) in [5.41, 5.74) is 5.81. The summed E-state index contributed by atoms with van der Waals surface area (Å²) in [4.78, 5) is 11.8. The van der Waals surface area contributed by atoms with Gasteiger partial charge >= 0.3 is 5.97 Å². The topological polar surface area (TPSA) is 98.5 Å². The number of methoxy groups -OCH3 is 1. The van der Waals surface area contributed by atoms with E-state index in [-0.39, 0.29) is 21.2 Å². The molecule has 0 aliphatic rings. The van der Waals surface area contributed by atoms with Gasteiger partial charge in [0.2, 0.25) is 0 Å². The minimum atomic E-state index is -3.51. The monoisotopic (exact) mass is 320 g/mol. The van der Waals surface area contributed by atoms with Crippen molar-refractivity contribution in [3.8, 4) is 0 Å². The van der Waals surface area contributed by atoms with Crippen LogP contribution >= 0.6 is 11.3 Å². The van der Waals surface area contributed by atoms with Crippen molar-refractivity contribution in [2.75, 3.05) is 30.5 Å². The van der Waals surface area contributed by atoms with E-state index in [1.54, 1.807) is 0 Å². The van der Waals surface area contributed by atoms with Crippen LogP contribution in [0.5, 0.6) is 0 Å². The molecule has 1 aromatic rings. The van der Waals surface area contributed by atoms with Gasteiger partial charge in [0, 0.05) is 6.54 Å². The number of nitrogen functional groups attached to an aromatic ring is 1. The summed E-state index contributed by atoms with van der Waals surface area (Å²) in [5.74, 6) is -0.375. The Hall–Kier alpha value is -1.28. The average Bonchev–Trinajstić information content (AvgIpc) is 2.73. The van der Waals surface area contributed by atoms with Crippen molar-refractivity contribution in [1.29, 1.82) is 0 Å². The van der Waals surface area contributed by atoms with E-state index in [1.165, 1.54) is 14.0 Å². The summed E-state index contributed by atoms with van der Waals surface area (Å²) in [6.45, 7) is 6.13. The molecule has 0 saturated heterocycles. The molecule has 20 heavy (non-hydrogen) atoms. The van der Waals surface area contributed by atoms with Crippen molar-refractivity contribution in [1.82, 2.24) is 0 Å². The van der Waals surface area contributed by atoms with Gasteiger partial charge < -0.3 is 15.8 Å². The van der Waals surface area contributed by atoms with Crippen molar-refractivity contribution in [2.45, 2.75) is 25.7 Å². The van der Waals surface area contributed by atoms with E-state index in [0.717, 1.165) is 11.3 Å². The van der Waals surface area contributed by atoms with E-state index in [9.17, 15) is 13.2 Å². The number of nitrogens with two attached hydrogens (primary N) is 1. The molecule has 0 aromatic carbocycles. The molecule has 0 radical (unpaired) electrons. The molecule has 8 heteroatoms. The maximum Gasteiger partial charge on any atom is 0.350 e. The van der Waals surface area contributed by atoms with Gasteiger partial charge in [-0.05, 0) is 5.92 Å². The van der Waals surface area contributed by atoms with E-state index in [4.69, 9.17) is 5.73 Å². The highest BCUT2D eigenvalue weighted by atomic mass is 32.2. The average molecular weight is 320 g/mol. The molecule has 0 fully saturated rings. The minimum Gasteiger partial charge on any atom is -0.465 e. The highest BCUT2D eigenvalue weighted by Gasteiger charge is 2.29. The molecule has 0 spiro atoms. The summed E-state index contributed by atoms with van der Waals surface area (Å²) in [7, 11) is -2.28. The van der Waals surface area contributed by atoms with Gasteiger partial charge in [0.1, 0.15) is 14.8 Å². The predicted octanol–water partition coefficient (Wildman–Crippen LogP) is 1.98. The second-order valence-corrected chi connectivity index (χ2v) is 7.91. The highest BCUT2D eigenvalue weighted by Crippen LogP contribution is 2.40. The smallest absolute Gasteiger partial charge is 0.350 e. The number of ether oxygens (including phenoxy) is 1. The molecule has 0 unspecified atom stereocenters. The van der Waals surface area contributed by atoms with E-state index in [1.807, 2.05) is 13.8 Å². The number of carbonyl (C=O) groups is 1. The zero-order valence-corrected chi connectivity index (χ0v) is 13.7. The Balaban J connectivity index is 3.37. The molecule has 0 amide bonds. The molecule has 0 aliphatic carbocycles. The Morgan fingerprint density at radius 1 is 1.45 bits per heavy atom. The lowest BCUT2D eigenvalue weighted by Crippen LogP contribution is -2.12. The molecular weight excluding hydrogens is 300 g/mol. The first kappa shape index (κ1) is 16.8. The Morgan fingerprint density at radius 2 is 2.05 bits per heavy atom. The Morgan fingerprint density at radius 3 is 2.50 bits per heavy atom. The third kappa shape index (κ3) is 3.43. The summed E-state index contributed by atoms with van der Waals surface area (Å²) in [5, 5.41) is 3.45. The Kier molecular flexibility index (Phi) is 5.41. The van der Waals surface area contributed by atoms with Crippen LogP contribution in [0.2, 0.25) is 0 Å². The third-order valence-electron chi connectivity index (χ3n) is 2.63. The number of esters is 1. The number of sulfone groups is 1. The van der Waals surface area contributed by atoms with Crippen molar-refractivity contribution >= 4 is 37.8 Å². The molecule has 1 heterocycles. The zero-order chi connectivity index (χ0) is 15.5. The van der Waals surface area contributed by atoms with Crippen LogP contribution in [-0.2, 0) is 14.6 Å². The lowest BCUT2D eigenvalue weighted by Gasteiger charge is -2.09. The Bertz CT molecular complexity index is 591. The summed E-state index contributed by atoms with van der Waals surface area (Å²) >= 11 is 1.01. The van der Waals surface area contributed by atoms with Gasteiger partial charge in [-0.25, -0.2) is 13.2 Å². The van der Waals surface area contributed by atoms with Crippen molar-refractivity contribution in [3.05, 3.63) is 4.88 Å². The summed E-state index contributed by atoms with van der Waals surface area (Å²) in [6, 6.07) is 0. The van der Waals surface area contributed by atoms with Gasteiger partial charge in [0.05, 0.1) is 18.6 Å². The first-order valence-electron chi connectivity index (χ1n) is 6.21. The van der Waals surface area contributed by atoms with Gasteiger partial charge in [-0.1, -0.05) is 20.8 Å². The van der Waals surface area contributed by atoms with Gasteiger partial charge in [-0.3, -0.25) is 0 Å². The van der Waals surface area contributed by atoms with Crippen molar-refractivity contribution in [2.24, 2.45) is 5.92 Å². The van der Waals surface area contributed by atoms with Crippen LogP contribution in [0, 0.1) is 5.92 Å². The van der Waals surface area contributed by atoms with Gasteiger partial charge in [0.15, 0.2) is 9.84 Å². The second kappa shape index (κ2) is 6.45. The molecular formula is C12H20N2O4S2. The number of rotatable bonds is 6. The normalized spacial score (nSPS) is 11.7. The number of thiophene rings is 1. The lowest BCUT2D eigenvalue weighted by atomic mass is 10.2. The first-order chi connectivity index (χ1) is 9.24. The maximum atomic E-state index is 12.1.